The molecule has 0 aromatic carbocycles. The zero-order valence-corrected chi connectivity index (χ0v) is 11.0. The van der Waals surface area contributed by atoms with Gasteiger partial charge < -0.3 is 16.0 Å². The molecule has 1 aliphatic rings. The molecule has 17 heavy (non-hydrogen) atoms. The molecule has 1 saturated carbocycles. The number of nitrogens with one attached hydrogen (secondary N) is 1. The van der Waals surface area contributed by atoms with Gasteiger partial charge in [-0.25, -0.2) is 0 Å². The average molecular weight is 241 g/mol. The van der Waals surface area contributed by atoms with E-state index in [1.54, 1.807) is 25.9 Å². The number of nitrogens with zero attached hydrogens (tertiary/aromatic N) is 1. The first-order chi connectivity index (χ1) is 7.90. The van der Waals surface area contributed by atoms with E-state index in [2.05, 4.69) is 5.32 Å². The van der Waals surface area contributed by atoms with Crippen LogP contribution in [0.25, 0.3) is 0 Å². The van der Waals surface area contributed by atoms with E-state index < -0.39 is 5.54 Å². The molecule has 0 bridgehead atoms. The molecule has 1 aliphatic carbocycles. The second kappa shape index (κ2) is 5.49. The number of hydrogen-bond acceptors (Lipinski definition) is 3. The third-order valence-electron chi connectivity index (χ3n) is 3.51. The van der Waals surface area contributed by atoms with Gasteiger partial charge in [0, 0.05) is 20.6 Å². The maximum absolute atomic E-state index is 12.2. The van der Waals surface area contributed by atoms with Crippen LogP contribution in [0.5, 0.6) is 0 Å². The molecule has 0 aromatic heterocycles. The fourth-order valence-electron chi connectivity index (χ4n) is 2.42. The van der Waals surface area contributed by atoms with Gasteiger partial charge in [-0.1, -0.05) is 19.8 Å². The lowest BCUT2D eigenvalue weighted by molar-refractivity contribution is -0.137. The fraction of sp³-hybridized carbons (Fsp3) is 0.833. The topological polar surface area (TPSA) is 75.4 Å². The van der Waals surface area contributed by atoms with Crippen LogP contribution in [0.15, 0.2) is 0 Å². The van der Waals surface area contributed by atoms with Crippen LogP contribution in [0, 0.1) is 5.92 Å². The Hall–Kier alpha value is -1.10. The summed E-state index contributed by atoms with van der Waals surface area (Å²) in [4.78, 5) is 25.2. The molecule has 5 nitrogen and oxygen atoms in total. The Morgan fingerprint density at radius 1 is 1.41 bits per heavy atom. The summed E-state index contributed by atoms with van der Waals surface area (Å²) in [6.45, 7) is 2.22. The van der Waals surface area contributed by atoms with E-state index >= 15 is 0 Å². The third-order valence-corrected chi connectivity index (χ3v) is 3.51. The molecule has 1 rings (SSSR count). The molecule has 0 saturated heterocycles. The largest absolute Gasteiger partial charge is 0.359 e. The van der Waals surface area contributed by atoms with E-state index in [0.29, 0.717) is 6.54 Å². The molecule has 3 N–H and O–H groups in total. The number of amides is 2. The summed E-state index contributed by atoms with van der Waals surface area (Å²) in [6, 6.07) is 0. The van der Waals surface area contributed by atoms with E-state index in [0.717, 1.165) is 25.7 Å². The van der Waals surface area contributed by atoms with E-state index in [4.69, 9.17) is 5.73 Å². The first-order valence-corrected chi connectivity index (χ1v) is 6.17. The molecule has 0 heterocycles. The molecule has 1 fully saturated rings. The number of likely N-dealkylation sites (N-methyl/N-ethyl adjacent to an activating group) is 1. The van der Waals surface area contributed by atoms with E-state index in [1.807, 2.05) is 0 Å². The Labute approximate surface area is 103 Å². The van der Waals surface area contributed by atoms with Gasteiger partial charge in [0.2, 0.25) is 11.8 Å². The number of carbonyl (C=O) groups is 2. The van der Waals surface area contributed by atoms with Crippen molar-refractivity contribution in [3.05, 3.63) is 0 Å². The lowest BCUT2D eigenvalue weighted by atomic mass is 9.97. The van der Waals surface area contributed by atoms with Gasteiger partial charge in [0.1, 0.15) is 0 Å². The first kappa shape index (κ1) is 14.0. The molecule has 0 spiro atoms. The molecule has 1 unspecified atom stereocenters. The summed E-state index contributed by atoms with van der Waals surface area (Å²) < 4.78 is 0. The lowest BCUT2D eigenvalue weighted by Gasteiger charge is -2.30. The smallest absolute Gasteiger partial charge is 0.242 e. The molecular formula is C12H23N3O2. The molecule has 2 amide bonds. The summed E-state index contributed by atoms with van der Waals surface area (Å²) in [6.07, 6.45) is 3.54. The Bertz CT molecular complexity index is 298. The van der Waals surface area contributed by atoms with Gasteiger partial charge >= 0.3 is 0 Å². The van der Waals surface area contributed by atoms with Crippen LogP contribution < -0.4 is 11.1 Å². The summed E-state index contributed by atoms with van der Waals surface area (Å²) in [7, 11) is 3.32. The third kappa shape index (κ3) is 3.19. The standard InChI is InChI=1S/C12H23N3O2/c1-9(10(16)14-2)8-15(3)11(17)12(13)6-4-5-7-12/h9H,4-8,13H2,1-3H3,(H,14,16). The van der Waals surface area contributed by atoms with Crippen molar-refractivity contribution in [2.24, 2.45) is 11.7 Å². The van der Waals surface area contributed by atoms with Crippen molar-refractivity contribution in [2.45, 2.75) is 38.1 Å². The number of rotatable bonds is 4. The Kier molecular flexibility index (Phi) is 4.51. The molecule has 0 aliphatic heterocycles. The number of nitrogens with two attached hydrogens (primary N) is 1. The van der Waals surface area contributed by atoms with Crippen molar-refractivity contribution in [1.82, 2.24) is 10.2 Å². The van der Waals surface area contributed by atoms with Gasteiger partial charge in [0.05, 0.1) is 11.5 Å². The van der Waals surface area contributed by atoms with Crippen molar-refractivity contribution >= 4 is 11.8 Å². The normalized spacial score (nSPS) is 19.8. The lowest BCUT2D eigenvalue weighted by Crippen LogP contribution is -2.53. The van der Waals surface area contributed by atoms with Gasteiger partial charge in [-0.3, -0.25) is 9.59 Å². The van der Waals surface area contributed by atoms with Crippen LogP contribution in [0.1, 0.15) is 32.6 Å². The van der Waals surface area contributed by atoms with Crippen LogP contribution in [-0.4, -0.2) is 42.9 Å². The first-order valence-electron chi connectivity index (χ1n) is 6.17. The molecular weight excluding hydrogens is 218 g/mol. The molecule has 1 atom stereocenters. The number of hydrogen-bond donors (Lipinski definition) is 2. The SMILES string of the molecule is CNC(=O)C(C)CN(C)C(=O)C1(N)CCCC1. The van der Waals surface area contributed by atoms with Gasteiger partial charge in [-0.2, -0.15) is 0 Å². The highest BCUT2D eigenvalue weighted by Gasteiger charge is 2.39. The summed E-state index contributed by atoms with van der Waals surface area (Å²) >= 11 is 0. The molecule has 0 radical (unpaired) electrons. The second-order valence-corrected chi connectivity index (χ2v) is 5.06. The highest BCUT2D eigenvalue weighted by Crippen LogP contribution is 2.28. The minimum absolute atomic E-state index is 0.0363. The maximum atomic E-state index is 12.2. The Balaban J connectivity index is 2.55. The van der Waals surface area contributed by atoms with E-state index in [1.165, 1.54) is 0 Å². The minimum atomic E-state index is -0.697. The van der Waals surface area contributed by atoms with Crippen molar-refractivity contribution in [3.8, 4) is 0 Å². The number of carbonyl (C=O) groups excluding carboxylic acids is 2. The van der Waals surface area contributed by atoms with Gasteiger partial charge in [-0.15, -0.1) is 0 Å². The van der Waals surface area contributed by atoms with E-state index in [-0.39, 0.29) is 17.7 Å². The minimum Gasteiger partial charge on any atom is -0.359 e. The summed E-state index contributed by atoms with van der Waals surface area (Å²) in [5.74, 6) is -0.299. The molecule has 98 valence electrons. The van der Waals surface area contributed by atoms with Crippen molar-refractivity contribution < 1.29 is 9.59 Å². The molecule has 0 aromatic rings. The van der Waals surface area contributed by atoms with Crippen molar-refractivity contribution in [2.75, 3.05) is 20.6 Å². The summed E-state index contributed by atoms with van der Waals surface area (Å²) in [5, 5.41) is 2.58. The average Bonchev–Trinajstić information content (AvgIpc) is 2.75. The monoisotopic (exact) mass is 241 g/mol. The van der Waals surface area contributed by atoms with Gasteiger partial charge in [-0.05, 0) is 12.8 Å². The zero-order valence-electron chi connectivity index (χ0n) is 11.0. The quantitative estimate of drug-likeness (QED) is 0.733. The molecule has 5 heteroatoms. The Morgan fingerprint density at radius 2 is 1.94 bits per heavy atom. The predicted octanol–water partition coefficient (Wildman–Crippen LogP) is 0.0984. The van der Waals surface area contributed by atoms with Crippen LogP contribution in [0.4, 0.5) is 0 Å². The summed E-state index contributed by atoms with van der Waals surface area (Å²) in [5.41, 5.74) is 5.40. The zero-order chi connectivity index (χ0) is 13.1. The van der Waals surface area contributed by atoms with Crippen LogP contribution in [0.2, 0.25) is 0 Å². The van der Waals surface area contributed by atoms with Crippen LogP contribution >= 0.6 is 0 Å². The highest BCUT2D eigenvalue weighted by molar-refractivity contribution is 5.87. The van der Waals surface area contributed by atoms with Crippen molar-refractivity contribution in [1.29, 1.82) is 0 Å². The van der Waals surface area contributed by atoms with Crippen molar-refractivity contribution in [3.63, 3.8) is 0 Å². The predicted molar refractivity (Wildman–Crippen MR) is 66.3 cm³/mol. The van der Waals surface area contributed by atoms with E-state index in [9.17, 15) is 9.59 Å². The second-order valence-electron chi connectivity index (χ2n) is 5.06. The van der Waals surface area contributed by atoms with Gasteiger partial charge in [0.15, 0.2) is 0 Å². The van der Waals surface area contributed by atoms with Crippen LogP contribution in [-0.2, 0) is 9.59 Å². The maximum Gasteiger partial charge on any atom is 0.242 e. The fourth-order valence-corrected chi connectivity index (χ4v) is 2.42. The highest BCUT2D eigenvalue weighted by atomic mass is 16.2. The van der Waals surface area contributed by atoms with Gasteiger partial charge in [0.25, 0.3) is 0 Å². The van der Waals surface area contributed by atoms with Crippen LogP contribution in [0.3, 0.4) is 0 Å². The Morgan fingerprint density at radius 3 is 2.41 bits per heavy atom.